The van der Waals surface area contributed by atoms with Gasteiger partial charge >= 0.3 is 0 Å². The van der Waals surface area contributed by atoms with Gasteiger partial charge in [0, 0.05) is 6.20 Å². The molecule has 0 atom stereocenters. The predicted octanol–water partition coefficient (Wildman–Crippen LogP) is 2.78. The van der Waals surface area contributed by atoms with E-state index in [1.165, 1.54) is 18.3 Å². The summed E-state index contributed by atoms with van der Waals surface area (Å²) >= 11 is 2.91. The molecule has 0 amide bonds. The Morgan fingerprint density at radius 1 is 1.50 bits per heavy atom. The second-order valence-electron chi connectivity index (χ2n) is 1.68. The Kier molecular flexibility index (Phi) is 2.32. The molecule has 0 aromatic carbocycles. The van der Waals surface area contributed by atoms with Crippen molar-refractivity contribution >= 4 is 15.9 Å². The van der Waals surface area contributed by atoms with E-state index in [0.717, 1.165) is 0 Å². The molecule has 4 heteroatoms. The van der Waals surface area contributed by atoms with Gasteiger partial charge in [0.2, 0.25) is 0 Å². The van der Waals surface area contributed by atoms with Crippen molar-refractivity contribution in [3.05, 3.63) is 28.5 Å². The first kappa shape index (κ1) is 7.60. The normalized spacial score (nSPS) is 10.4. The molecule has 0 radical (unpaired) electrons. The molecule has 1 heterocycles. The van der Waals surface area contributed by atoms with E-state index in [4.69, 9.17) is 0 Å². The van der Waals surface area contributed by atoms with E-state index in [2.05, 4.69) is 20.9 Å². The van der Waals surface area contributed by atoms with Crippen molar-refractivity contribution in [2.45, 2.75) is 6.43 Å². The summed E-state index contributed by atoms with van der Waals surface area (Å²) in [6.45, 7) is 0. The van der Waals surface area contributed by atoms with Crippen LogP contribution in [0.3, 0.4) is 0 Å². The summed E-state index contributed by atoms with van der Waals surface area (Å²) in [5, 5.41) is 0. The second kappa shape index (κ2) is 3.05. The lowest BCUT2D eigenvalue weighted by molar-refractivity contribution is 0.150. The highest BCUT2D eigenvalue weighted by Crippen LogP contribution is 2.24. The number of rotatable bonds is 1. The quantitative estimate of drug-likeness (QED) is 0.646. The molecule has 54 valence electrons. The molecule has 0 saturated heterocycles. The minimum Gasteiger partial charge on any atom is -0.249 e. The van der Waals surface area contributed by atoms with E-state index in [1.807, 2.05) is 0 Å². The molecule has 0 spiro atoms. The third-order valence-electron chi connectivity index (χ3n) is 1.02. The van der Waals surface area contributed by atoms with Crippen molar-refractivity contribution < 1.29 is 8.78 Å². The molecule has 10 heavy (non-hydrogen) atoms. The molecule has 0 aliphatic rings. The van der Waals surface area contributed by atoms with Crippen LogP contribution in [0.15, 0.2) is 22.9 Å². The average Bonchev–Trinajstić information content (AvgIpc) is 1.88. The van der Waals surface area contributed by atoms with Crippen LogP contribution in [0.1, 0.15) is 12.0 Å². The van der Waals surface area contributed by atoms with Gasteiger partial charge < -0.3 is 0 Å². The SMILES string of the molecule is FC(F)c1cccnc1Br. The largest absolute Gasteiger partial charge is 0.266 e. The first-order valence-corrected chi connectivity index (χ1v) is 3.39. The molecule has 0 aliphatic heterocycles. The van der Waals surface area contributed by atoms with Gasteiger partial charge in [0.05, 0.1) is 5.56 Å². The predicted molar refractivity (Wildman–Crippen MR) is 36.9 cm³/mol. The summed E-state index contributed by atoms with van der Waals surface area (Å²) in [5.41, 5.74) is -0.0671. The maximum atomic E-state index is 12.0. The Morgan fingerprint density at radius 2 is 2.20 bits per heavy atom. The first-order valence-electron chi connectivity index (χ1n) is 2.60. The van der Waals surface area contributed by atoms with E-state index < -0.39 is 6.43 Å². The lowest BCUT2D eigenvalue weighted by Crippen LogP contribution is -1.87. The Morgan fingerprint density at radius 3 is 2.60 bits per heavy atom. The number of halogens is 3. The highest BCUT2D eigenvalue weighted by atomic mass is 79.9. The van der Waals surface area contributed by atoms with Gasteiger partial charge in [-0.25, -0.2) is 13.8 Å². The molecular formula is C6H4BrF2N. The molecular weight excluding hydrogens is 204 g/mol. The fourth-order valence-corrected chi connectivity index (χ4v) is 0.985. The Bertz CT molecular complexity index is 227. The molecule has 1 aromatic heterocycles. The van der Waals surface area contributed by atoms with Gasteiger partial charge in [-0.2, -0.15) is 0 Å². The zero-order valence-corrected chi connectivity index (χ0v) is 6.48. The van der Waals surface area contributed by atoms with Crippen LogP contribution in [0, 0.1) is 0 Å². The van der Waals surface area contributed by atoms with Gasteiger partial charge in [-0.05, 0) is 28.1 Å². The molecule has 0 N–H and O–H groups in total. The van der Waals surface area contributed by atoms with Crippen molar-refractivity contribution in [2.24, 2.45) is 0 Å². The molecule has 0 fully saturated rings. The number of pyridine rings is 1. The van der Waals surface area contributed by atoms with E-state index in [9.17, 15) is 8.78 Å². The van der Waals surface area contributed by atoms with Crippen molar-refractivity contribution in [1.29, 1.82) is 0 Å². The van der Waals surface area contributed by atoms with Crippen LogP contribution >= 0.6 is 15.9 Å². The smallest absolute Gasteiger partial charge is 0.249 e. The summed E-state index contributed by atoms with van der Waals surface area (Å²) in [4.78, 5) is 3.64. The fraction of sp³-hybridized carbons (Fsp3) is 0.167. The summed E-state index contributed by atoms with van der Waals surface area (Å²) in [7, 11) is 0. The van der Waals surface area contributed by atoms with Crippen LogP contribution in [0.2, 0.25) is 0 Å². The van der Waals surface area contributed by atoms with Crippen molar-refractivity contribution in [3.8, 4) is 0 Å². The second-order valence-corrected chi connectivity index (χ2v) is 2.44. The number of aromatic nitrogens is 1. The monoisotopic (exact) mass is 207 g/mol. The highest BCUT2D eigenvalue weighted by molar-refractivity contribution is 9.10. The molecule has 1 rings (SSSR count). The summed E-state index contributed by atoms with van der Waals surface area (Å²) in [6.07, 6.45) is -1.00. The molecule has 0 saturated carbocycles. The fourth-order valence-electron chi connectivity index (χ4n) is 0.561. The van der Waals surface area contributed by atoms with Crippen LogP contribution < -0.4 is 0 Å². The lowest BCUT2D eigenvalue weighted by atomic mass is 10.3. The average molecular weight is 208 g/mol. The van der Waals surface area contributed by atoms with Crippen LogP contribution in [0.5, 0.6) is 0 Å². The third-order valence-corrected chi connectivity index (χ3v) is 1.69. The Hall–Kier alpha value is -0.510. The van der Waals surface area contributed by atoms with Crippen LogP contribution in [0.25, 0.3) is 0 Å². The zero-order valence-electron chi connectivity index (χ0n) is 4.89. The van der Waals surface area contributed by atoms with Gasteiger partial charge in [0.1, 0.15) is 4.60 Å². The first-order chi connectivity index (χ1) is 4.72. The maximum absolute atomic E-state index is 12.0. The Balaban J connectivity index is 3.03. The van der Waals surface area contributed by atoms with Crippen molar-refractivity contribution in [3.63, 3.8) is 0 Å². The standard InChI is InChI=1S/C6H4BrF2N/c7-5-4(6(8)9)2-1-3-10-5/h1-3,6H. The highest BCUT2D eigenvalue weighted by Gasteiger charge is 2.10. The molecule has 0 unspecified atom stereocenters. The molecule has 1 aromatic rings. The topological polar surface area (TPSA) is 12.9 Å². The van der Waals surface area contributed by atoms with Gasteiger partial charge in [-0.3, -0.25) is 0 Å². The van der Waals surface area contributed by atoms with E-state index in [0.29, 0.717) is 0 Å². The summed E-state index contributed by atoms with van der Waals surface area (Å²) in [6, 6.07) is 2.81. The minimum atomic E-state index is -2.46. The van der Waals surface area contributed by atoms with E-state index >= 15 is 0 Å². The number of alkyl halides is 2. The summed E-state index contributed by atoms with van der Waals surface area (Å²) in [5.74, 6) is 0. The zero-order chi connectivity index (χ0) is 7.56. The minimum absolute atomic E-state index is 0.0671. The van der Waals surface area contributed by atoms with Crippen LogP contribution in [0.4, 0.5) is 8.78 Å². The molecule has 1 nitrogen and oxygen atoms in total. The Labute approximate surface area is 65.2 Å². The number of hydrogen-bond donors (Lipinski definition) is 0. The van der Waals surface area contributed by atoms with Gasteiger partial charge in [0.15, 0.2) is 0 Å². The van der Waals surface area contributed by atoms with Gasteiger partial charge in [0.25, 0.3) is 6.43 Å². The van der Waals surface area contributed by atoms with Gasteiger partial charge in [-0.15, -0.1) is 0 Å². The lowest BCUT2D eigenvalue weighted by Gasteiger charge is -1.98. The van der Waals surface area contributed by atoms with Crippen molar-refractivity contribution in [2.75, 3.05) is 0 Å². The number of hydrogen-bond acceptors (Lipinski definition) is 1. The molecule has 0 aliphatic carbocycles. The maximum Gasteiger partial charge on any atom is 0.266 e. The molecule has 0 bridgehead atoms. The summed E-state index contributed by atoms with van der Waals surface area (Å²) < 4.78 is 24.1. The van der Waals surface area contributed by atoms with E-state index in [1.54, 1.807) is 0 Å². The van der Waals surface area contributed by atoms with E-state index in [-0.39, 0.29) is 10.2 Å². The van der Waals surface area contributed by atoms with Crippen LogP contribution in [-0.2, 0) is 0 Å². The third kappa shape index (κ3) is 1.50. The van der Waals surface area contributed by atoms with Gasteiger partial charge in [-0.1, -0.05) is 0 Å². The number of nitrogens with zero attached hydrogens (tertiary/aromatic N) is 1. The van der Waals surface area contributed by atoms with Crippen molar-refractivity contribution in [1.82, 2.24) is 4.98 Å². The van der Waals surface area contributed by atoms with Crippen LogP contribution in [-0.4, -0.2) is 4.98 Å².